The van der Waals surface area contributed by atoms with Crippen molar-refractivity contribution in [2.75, 3.05) is 18.0 Å². The Morgan fingerprint density at radius 2 is 2.00 bits per heavy atom. The lowest BCUT2D eigenvalue weighted by Gasteiger charge is -2.41. The van der Waals surface area contributed by atoms with Gasteiger partial charge in [-0.3, -0.25) is 4.57 Å². The lowest BCUT2D eigenvalue weighted by molar-refractivity contribution is 0.201. The molecule has 0 amide bonds. The molecule has 1 saturated carbocycles. The van der Waals surface area contributed by atoms with Crippen LogP contribution in [0, 0.1) is 16.6 Å². The van der Waals surface area contributed by atoms with Crippen LogP contribution in [0.25, 0.3) is 0 Å². The Hall–Kier alpha value is -0.840. The van der Waals surface area contributed by atoms with E-state index in [1.54, 1.807) is 0 Å². The van der Waals surface area contributed by atoms with Crippen molar-refractivity contribution >= 4 is 18.2 Å². The minimum absolute atomic E-state index is 0.714. The number of fused-ring (bicyclic) bond motifs is 1. The van der Waals surface area contributed by atoms with E-state index < -0.39 is 0 Å². The highest BCUT2D eigenvalue weighted by molar-refractivity contribution is 7.71. The largest absolute Gasteiger partial charge is 0.341 e. The lowest BCUT2D eigenvalue weighted by Crippen LogP contribution is -2.42. The molecule has 1 saturated heterocycles. The number of aromatic amines is 1. The predicted molar refractivity (Wildman–Crippen MR) is 70.7 cm³/mol. The number of rotatable bonds is 1. The molecule has 0 aromatic carbocycles. The molecule has 1 N–H and O–H groups in total. The van der Waals surface area contributed by atoms with Gasteiger partial charge >= 0.3 is 0 Å². The van der Waals surface area contributed by atoms with Gasteiger partial charge in [-0.25, -0.2) is 5.10 Å². The van der Waals surface area contributed by atoms with E-state index in [0.29, 0.717) is 4.77 Å². The monoisotopic (exact) mass is 252 g/mol. The molecule has 5 heteroatoms. The molecule has 2 heterocycles. The Morgan fingerprint density at radius 1 is 1.24 bits per heavy atom. The first-order chi connectivity index (χ1) is 8.25. The van der Waals surface area contributed by atoms with Gasteiger partial charge in [-0.15, -0.1) is 5.10 Å². The molecule has 94 valence electrons. The van der Waals surface area contributed by atoms with E-state index in [1.807, 2.05) is 11.6 Å². The first-order valence-electron chi connectivity index (χ1n) is 6.62. The summed E-state index contributed by atoms with van der Waals surface area (Å²) in [5.41, 5.74) is 0. The Morgan fingerprint density at radius 3 is 2.71 bits per heavy atom. The fourth-order valence-corrected chi connectivity index (χ4v) is 3.53. The van der Waals surface area contributed by atoms with E-state index in [4.69, 9.17) is 12.2 Å². The van der Waals surface area contributed by atoms with Crippen LogP contribution in [0.5, 0.6) is 0 Å². The van der Waals surface area contributed by atoms with Gasteiger partial charge < -0.3 is 4.90 Å². The summed E-state index contributed by atoms with van der Waals surface area (Å²) in [5.74, 6) is 2.86. The van der Waals surface area contributed by atoms with Crippen molar-refractivity contribution in [1.29, 1.82) is 0 Å². The molecule has 2 atom stereocenters. The minimum Gasteiger partial charge on any atom is -0.341 e. The lowest BCUT2D eigenvalue weighted by atomic mass is 9.75. The SMILES string of the molecule is Cn1c(N2CCC3CCCCC3C2)n[nH]c1=S. The van der Waals surface area contributed by atoms with Crippen molar-refractivity contribution in [3.63, 3.8) is 0 Å². The van der Waals surface area contributed by atoms with Crippen LogP contribution in [0.2, 0.25) is 0 Å². The number of anilines is 1. The number of piperidine rings is 1. The highest BCUT2D eigenvalue weighted by atomic mass is 32.1. The summed E-state index contributed by atoms with van der Waals surface area (Å²) < 4.78 is 2.70. The van der Waals surface area contributed by atoms with Gasteiger partial charge in [0.15, 0.2) is 4.77 Å². The van der Waals surface area contributed by atoms with Gasteiger partial charge in [0.05, 0.1) is 0 Å². The van der Waals surface area contributed by atoms with Crippen molar-refractivity contribution in [1.82, 2.24) is 14.8 Å². The van der Waals surface area contributed by atoms with E-state index in [0.717, 1.165) is 30.9 Å². The standard InChI is InChI=1S/C12H20N4S/c1-15-11(13-14-12(15)17)16-7-6-9-4-2-3-5-10(9)8-16/h9-10H,2-8H2,1H3,(H,14,17). The molecule has 0 radical (unpaired) electrons. The highest BCUT2D eigenvalue weighted by Gasteiger charge is 2.32. The number of nitrogens with zero attached hydrogens (tertiary/aromatic N) is 3. The molecule has 1 aliphatic carbocycles. The quantitative estimate of drug-likeness (QED) is 0.780. The number of hydrogen-bond donors (Lipinski definition) is 1. The van der Waals surface area contributed by atoms with Crippen LogP contribution in [0.4, 0.5) is 5.95 Å². The predicted octanol–water partition coefficient (Wildman–Crippen LogP) is 2.49. The normalized spacial score (nSPS) is 29.1. The van der Waals surface area contributed by atoms with Crippen LogP contribution in [0.3, 0.4) is 0 Å². The molecule has 4 nitrogen and oxygen atoms in total. The molecule has 3 rings (SSSR count). The molecule has 0 bridgehead atoms. The maximum absolute atomic E-state index is 5.18. The van der Waals surface area contributed by atoms with Gasteiger partial charge in [-0.2, -0.15) is 0 Å². The molecule has 17 heavy (non-hydrogen) atoms. The molecule has 1 aliphatic heterocycles. The van der Waals surface area contributed by atoms with Crippen molar-refractivity contribution in [2.24, 2.45) is 18.9 Å². The van der Waals surface area contributed by atoms with E-state index >= 15 is 0 Å². The highest BCUT2D eigenvalue weighted by Crippen LogP contribution is 2.36. The van der Waals surface area contributed by atoms with Crippen molar-refractivity contribution in [3.8, 4) is 0 Å². The van der Waals surface area contributed by atoms with Crippen LogP contribution in [0.1, 0.15) is 32.1 Å². The van der Waals surface area contributed by atoms with Gasteiger partial charge in [0, 0.05) is 20.1 Å². The molecule has 2 aliphatic rings. The Balaban J connectivity index is 1.78. The van der Waals surface area contributed by atoms with Crippen LogP contribution in [-0.2, 0) is 7.05 Å². The summed E-state index contributed by atoms with van der Waals surface area (Å²) in [5, 5.41) is 7.23. The second kappa shape index (κ2) is 4.44. The maximum atomic E-state index is 5.18. The number of hydrogen-bond acceptors (Lipinski definition) is 3. The summed E-state index contributed by atoms with van der Waals surface area (Å²) in [7, 11) is 1.99. The number of nitrogens with one attached hydrogen (secondary N) is 1. The van der Waals surface area contributed by atoms with Crippen LogP contribution < -0.4 is 4.90 Å². The molecular formula is C12H20N4S. The molecular weight excluding hydrogens is 232 g/mol. The van der Waals surface area contributed by atoms with E-state index in [1.165, 1.54) is 32.1 Å². The molecule has 0 spiro atoms. The first-order valence-corrected chi connectivity index (χ1v) is 7.03. The van der Waals surface area contributed by atoms with Crippen LogP contribution in [-0.4, -0.2) is 27.9 Å². The Bertz CT molecular complexity index is 450. The summed E-state index contributed by atoms with van der Waals surface area (Å²) in [6.45, 7) is 2.30. The molecule has 1 aromatic rings. The number of H-pyrrole nitrogens is 1. The summed E-state index contributed by atoms with van der Waals surface area (Å²) >= 11 is 5.18. The van der Waals surface area contributed by atoms with Gasteiger partial charge in [0.1, 0.15) is 0 Å². The average Bonchev–Trinajstić information content (AvgIpc) is 2.70. The van der Waals surface area contributed by atoms with Gasteiger partial charge in [-0.1, -0.05) is 19.3 Å². The molecule has 2 fully saturated rings. The zero-order chi connectivity index (χ0) is 11.8. The van der Waals surface area contributed by atoms with Gasteiger partial charge in [0.2, 0.25) is 5.95 Å². The Kier molecular flexibility index (Phi) is 2.94. The zero-order valence-electron chi connectivity index (χ0n) is 10.4. The molecule has 2 unspecified atom stereocenters. The summed E-state index contributed by atoms with van der Waals surface area (Å²) in [6, 6.07) is 0. The van der Waals surface area contributed by atoms with Crippen LogP contribution >= 0.6 is 12.2 Å². The second-order valence-electron chi connectivity index (χ2n) is 5.43. The fraction of sp³-hybridized carbons (Fsp3) is 0.833. The van der Waals surface area contributed by atoms with E-state index in [9.17, 15) is 0 Å². The topological polar surface area (TPSA) is 36.9 Å². The van der Waals surface area contributed by atoms with Crippen molar-refractivity contribution in [3.05, 3.63) is 4.77 Å². The molecule has 1 aromatic heterocycles. The first kappa shape index (κ1) is 11.3. The van der Waals surface area contributed by atoms with Gasteiger partial charge in [-0.05, 0) is 36.9 Å². The average molecular weight is 252 g/mol. The third kappa shape index (κ3) is 2.01. The van der Waals surface area contributed by atoms with Gasteiger partial charge in [0.25, 0.3) is 0 Å². The zero-order valence-corrected chi connectivity index (χ0v) is 11.2. The third-order valence-electron chi connectivity index (χ3n) is 4.43. The maximum Gasteiger partial charge on any atom is 0.225 e. The number of aromatic nitrogens is 3. The Labute approximate surface area is 107 Å². The van der Waals surface area contributed by atoms with E-state index in [-0.39, 0.29) is 0 Å². The fourth-order valence-electron chi connectivity index (χ4n) is 3.40. The smallest absolute Gasteiger partial charge is 0.225 e. The van der Waals surface area contributed by atoms with Crippen LogP contribution in [0.15, 0.2) is 0 Å². The summed E-state index contributed by atoms with van der Waals surface area (Å²) in [6.07, 6.45) is 7.01. The third-order valence-corrected chi connectivity index (χ3v) is 4.80. The second-order valence-corrected chi connectivity index (χ2v) is 5.81. The minimum atomic E-state index is 0.714. The van der Waals surface area contributed by atoms with Crippen molar-refractivity contribution in [2.45, 2.75) is 32.1 Å². The summed E-state index contributed by atoms with van der Waals surface area (Å²) in [4.78, 5) is 2.40. The van der Waals surface area contributed by atoms with E-state index in [2.05, 4.69) is 15.1 Å². The van der Waals surface area contributed by atoms with Crippen molar-refractivity contribution < 1.29 is 0 Å².